The molecular formula is C20H23N3O5. The van der Waals surface area contributed by atoms with Crippen LogP contribution in [0.15, 0.2) is 22.6 Å². The molecule has 0 spiro atoms. The first-order chi connectivity index (χ1) is 13.2. The van der Waals surface area contributed by atoms with E-state index in [4.69, 9.17) is 13.9 Å². The van der Waals surface area contributed by atoms with E-state index < -0.39 is 18.0 Å². The summed E-state index contributed by atoms with van der Waals surface area (Å²) in [6.45, 7) is 6.91. The monoisotopic (exact) mass is 385 g/mol. The summed E-state index contributed by atoms with van der Waals surface area (Å²) >= 11 is 0. The Hall–Kier alpha value is -3.29. The second kappa shape index (κ2) is 7.38. The Morgan fingerprint density at radius 2 is 1.96 bits per heavy atom. The SMILES string of the molecule is COc1ccc2oc(C(=O)O[C@H](C)C(=O)Nc3c(C)nn(C)c3C)c(C)c2c1. The maximum atomic E-state index is 12.6. The fourth-order valence-electron chi connectivity index (χ4n) is 2.97. The number of nitrogens with zero attached hydrogens (tertiary/aromatic N) is 2. The molecule has 8 heteroatoms. The number of carbonyl (C=O) groups excluding carboxylic acids is 2. The van der Waals surface area contributed by atoms with Crippen molar-refractivity contribution >= 4 is 28.5 Å². The summed E-state index contributed by atoms with van der Waals surface area (Å²) in [5.41, 5.74) is 3.29. The Morgan fingerprint density at radius 1 is 1.25 bits per heavy atom. The van der Waals surface area contributed by atoms with Crippen LogP contribution in [0.2, 0.25) is 0 Å². The van der Waals surface area contributed by atoms with Crippen LogP contribution < -0.4 is 10.1 Å². The highest BCUT2D eigenvalue weighted by Gasteiger charge is 2.25. The molecule has 2 heterocycles. The zero-order valence-electron chi connectivity index (χ0n) is 16.7. The number of nitrogens with one attached hydrogen (secondary N) is 1. The number of esters is 1. The van der Waals surface area contributed by atoms with Crippen LogP contribution in [0.5, 0.6) is 5.75 Å². The third-order valence-corrected chi connectivity index (χ3v) is 4.74. The lowest BCUT2D eigenvalue weighted by molar-refractivity contribution is -0.123. The molecule has 1 N–H and O–H groups in total. The molecule has 28 heavy (non-hydrogen) atoms. The molecule has 0 fully saturated rings. The summed E-state index contributed by atoms with van der Waals surface area (Å²) in [7, 11) is 3.36. The molecule has 3 aromatic rings. The van der Waals surface area contributed by atoms with E-state index in [-0.39, 0.29) is 5.76 Å². The predicted octanol–water partition coefficient (Wildman–Crippen LogP) is 3.28. The Kier molecular flexibility index (Phi) is 5.13. The Balaban J connectivity index is 1.76. The number of benzene rings is 1. The Labute approximate surface area is 162 Å². The molecule has 0 saturated carbocycles. The molecule has 148 valence electrons. The highest BCUT2D eigenvalue weighted by atomic mass is 16.6. The lowest BCUT2D eigenvalue weighted by Gasteiger charge is -2.13. The first-order valence-corrected chi connectivity index (χ1v) is 8.82. The third kappa shape index (κ3) is 3.45. The van der Waals surface area contributed by atoms with Gasteiger partial charge in [-0.05, 0) is 45.9 Å². The lowest BCUT2D eigenvalue weighted by Crippen LogP contribution is -2.30. The first-order valence-electron chi connectivity index (χ1n) is 8.82. The zero-order valence-corrected chi connectivity index (χ0v) is 16.7. The van der Waals surface area contributed by atoms with Gasteiger partial charge in [0.2, 0.25) is 5.76 Å². The van der Waals surface area contributed by atoms with Crippen molar-refractivity contribution in [2.45, 2.75) is 33.8 Å². The van der Waals surface area contributed by atoms with Crippen LogP contribution in [0, 0.1) is 20.8 Å². The number of furan rings is 1. The molecule has 1 atom stereocenters. The van der Waals surface area contributed by atoms with Gasteiger partial charge in [-0.1, -0.05) is 0 Å². The number of aryl methyl sites for hydroxylation is 3. The van der Waals surface area contributed by atoms with E-state index in [9.17, 15) is 9.59 Å². The molecule has 0 aliphatic heterocycles. The molecule has 8 nitrogen and oxygen atoms in total. The van der Waals surface area contributed by atoms with E-state index in [1.807, 2.05) is 6.92 Å². The zero-order chi connectivity index (χ0) is 20.6. The summed E-state index contributed by atoms with van der Waals surface area (Å²) < 4.78 is 17.8. The summed E-state index contributed by atoms with van der Waals surface area (Å²) in [6, 6.07) is 5.26. The topological polar surface area (TPSA) is 95.6 Å². The average molecular weight is 385 g/mol. The van der Waals surface area contributed by atoms with E-state index in [0.29, 0.717) is 28.3 Å². The van der Waals surface area contributed by atoms with Gasteiger partial charge in [-0.15, -0.1) is 0 Å². The molecular weight excluding hydrogens is 362 g/mol. The average Bonchev–Trinajstić information content (AvgIpc) is 3.12. The van der Waals surface area contributed by atoms with Crippen LogP contribution >= 0.6 is 0 Å². The number of methoxy groups -OCH3 is 1. The molecule has 1 amide bonds. The van der Waals surface area contributed by atoms with Gasteiger partial charge in [-0.2, -0.15) is 5.10 Å². The van der Waals surface area contributed by atoms with Crippen molar-refractivity contribution in [1.82, 2.24) is 9.78 Å². The number of fused-ring (bicyclic) bond motifs is 1. The summed E-state index contributed by atoms with van der Waals surface area (Å²) in [4.78, 5) is 25.0. The molecule has 0 unspecified atom stereocenters. The number of carbonyl (C=O) groups is 2. The van der Waals surface area contributed by atoms with Crippen LogP contribution in [0.3, 0.4) is 0 Å². The fourth-order valence-corrected chi connectivity index (χ4v) is 2.97. The molecule has 1 aromatic carbocycles. The van der Waals surface area contributed by atoms with Crippen LogP contribution in [0.25, 0.3) is 11.0 Å². The molecule has 0 radical (unpaired) electrons. The van der Waals surface area contributed by atoms with Crippen molar-refractivity contribution in [2.24, 2.45) is 7.05 Å². The Bertz CT molecular complexity index is 1060. The van der Waals surface area contributed by atoms with Gasteiger partial charge in [0.25, 0.3) is 5.91 Å². The Morgan fingerprint density at radius 3 is 2.57 bits per heavy atom. The summed E-state index contributed by atoms with van der Waals surface area (Å²) in [5, 5.41) is 7.77. The highest BCUT2D eigenvalue weighted by molar-refractivity contribution is 6.00. The van der Waals surface area contributed by atoms with Crippen molar-refractivity contribution in [2.75, 3.05) is 12.4 Å². The van der Waals surface area contributed by atoms with Gasteiger partial charge in [0.15, 0.2) is 6.10 Å². The molecule has 0 saturated heterocycles. The number of ether oxygens (including phenoxy) is 2. The molecule has 0 bridgehead atoms. The minimum atomic E-state index is -1.01. The standard InChI is InChI=1S/C20H23N3O5/c1-10-15-9-14(26-6)7-8-16(15)28-18(10)20(25)27-13(4)19(24)21-17-11(2)22-23(5)12(17)3/h7-9,13H,1-6H3,(H,21,24)/t13-/m1/s1. The largest absolute Gasteiger partial charge is 0.497 e. The number of anilines is 1. The van der Waals surface area contributed by atoms with E-state index in [0.717, 1.165) is 11.1 Å². The van der Waals surface area contributed by atoms with E-state index in [1.54, 1.807) is 50.9 Å². The second-order valence-electron chi connectivity index (χ2n) is 6.62. The van der Waals surface area contributed by atoms with Gasteiger partial charge in [-0.25, -0.2) is 4.79 Å². The maximum absolute atomic E-state index is 12.6. The minimum absolute atomic E-state index is 0.0663. The second-order valence-corrected chi connectivity index (χ2v) is 6.62. The normalized spacial score (nSPS) is 12.1. The highest BCUT2D eigenvalue weighted by Crippen LogP contribution is 2.29. The molecule has 0 aliphatic rings. The van der Waals surface area contributed by atoms with Crippen molar-refractivity contribution < 1.29 is 23.5 Å². The van der Waals surface area contributed by atoms with Gasteiger partial charge in [0.05, 0.1) is 24.2 Å². The number of rotatable bonds is 5. The minimum Gasteiger partial charge on any atom is -0.497 e. The van der Waals surface area contributed by atoms with Crippen LogP contribution in [-0.4, -0.2) is 34.9 Å². The number of hydrogen-bond donors (Lipinski definition) is 1. The first kappa shape index (κ1) is 19.5. The number of hydrogen-bond acceptors (Lipinski definition) is 6. The fraction of sp³-hybridized carbons (Fsp3) is 0.350. The molecule has 2 aromatic heterocycles. The van der Waals surface area contributed by atoms with Crippen molar-refractivity contribution in [1.29, 1.82) is 0 Å². The predicted molar refractivity (Wildman–Crippen MR) is 104 cm³/mol. The maximum Gasteiger partial charge on any atom is 0.375 e. The number of amides is 1. The smallest absolute Gasteiger partial charge is 0.375 e. The van der Waals surface area contributed by atoms with Gasteiger partial charge in [0.1, 0.15) is 11.3 Å². The van der Waals surface area contributed by atoms with Crippen LogP contribution in [0.4, 0.5) is 5.69 Å². The quantitative estimate of drug-likeness (QED) is 0.677. The van der Waals surface area contributed by atoms with E-state index in [1.165, 1.54) is 6.92 Å². The van der Waals surface area contributed by atoms with Crippen molar-refractivity contribution in [3.63, 3.8) is 0 Å². The molecule has 3 rings (SSSR count). The number of aromatic nitrogens is 2. The van der Waals surface area contributed by atoms with Gasteiger partial charge >= 0.3 is 5.97 Å². The van der Waals surface area contributed by atoms with Gasteiger partial charge in [0, 0.05) is 18.0 Å². The van der Waals surface area contributed by atoms with Gasteiger partial charge in [-0.3, -0.25) is 9.48 Å². The lowest BCUT2D eigenvalue weighted by atomic mass is 10.1. The van der Waals surface area contributed by atoms with Crippen molar-refractivity contribution in [3.05, 3.63) is 40.9 Å². The molecule has 0 aliphatic carbocycles. The third-order valence-electron chi connectivity index (χ3n) is 4.74. The summed E-state index contributed by atoms with van der Waals surface area (Å²) in [5.74, 6) is -0.416. The van der Waals surface area contributed by atoms with E-state index in [2.05, 4.69) is 10.4 Å². The van der Waals surface area contributed by atoms with Gasteiger partial charge < -0.3 is 19.2 Å². The van der Waals surface area contributed by atoms with Crippen molar-refractivity contribution in [3.8, 4) is 5.75 Å². The van der Waals surface area contributed by atoms with Crippen LogP contribution in [0.1, 0.15) is 34.4 Å². The van der Waals surface area contributed by atoms with Crippen LogP contribution in [-0.2, 0) is 16.6 Å². The summed E-state index contributed by atoms with van der Waals surface area (Å²) in [6.07, 6.45) is -1.01. The van der Waals surface area contributed by atoms with E-state index >= 15 is 0 Å².